The zero-order valence-corrected chi connectivity index (χ0v) is 12.7. The topological polar surface area (TPSA) is 58.4 Å². The smallest absolute Gasteiger partial charge is 0.236 e. The van der Waals surface area contributed by atoms with Crippen LogP contribution in [0.3, 0.4) is 0 Å². The molecule has 0 aliphatic carbocycles. The van der Waals surface area contributed by atoms with Gasteiger partial charge in [0.05, 0.1) is 6.04 Å². The molecule has 0 aliphatic rings. The lowest BCUT2D eigenvalue weighted by molar-refractivity contribution is -0.122. The number of carbonyl (C=O) groups is 1. The van der Waals surface area contributed by atoms with Crippen molar-refractivity contribution < 1.29 is 4.79 Å². The monoisotopic (exact) mass is 257 g/mol. The summed E-state index contributed by atoms with van der Waals surface area (Å²) in [6, 6.07) is 0.0270. The maximum Gasteiger partial charge on any atom is 0.236 e. The number of carbonyl (C=O) groups excluding carboxylic acids is 1. The Kier molecular flexibility index (Phi) is 9.02. The van der Waals surface area contributed by atoms with E-state index in [1.165, 1.54) is 0 Å². The lowest BCUT2D eigenvalue weighted by Gasteiger charge is -2.26. The number of likely N-dealkylation sites (N-methyl/N-ethyl adjacent to an activating group) is 1. The fraction of sp³-hybridized carbons (Fsp3) is 0.929. The van der Waals surface area contributed by atoms with E-state index in [0.29, 0.717) is 18.5 Å². The second-order valence-electron chi connectivity index (χ2n) is 5.74. The molecule has 0 rings (SSSR count). The van der Waals surface area contributed by atoms with E-state index in [1.807, 2.05) is 0 Å². The largest absolute Gasteiger partial charge is 0.353 e. The highest BCUT2D eigenvalue weighted by Crippen LogP contribution is 2.08. The predicted octanol–water partition coefficient (Wildman–Crippen LogP) is 1.60. The van der Waals surface area contributed by atoms with Gasteiger partial charge in [0.2, 0.25) is 5.91 Å². The number of hydrogen-bond donors (Lipinski definition) is 2. The third-order valence-corrected chi connectivity index (χ3v) is 3.19. The van der Waals surface area contributed by atoms with Crippen LogP contribution in [-0.4, -0.2) is 43.5 Å². The molecule has 0 saturated heterocycles. The third-order valence-electron chi connectivity index (χ3n) is 3.19. The molecule has 0 spiro atoms. The van der Waals surface area contributed by atoms with Gasteiger partial charge in [0.1, 0.15) is 0 Å². The van der Waals surface area contributed by atoms with Crippen molar-refractivity contribution in [1.82, 2.24) is 10.2 Å². The highest BCUT2D eigenvalue weighted by molar-refractivity contribution is 5.81. The molecule has 1 amide bonds. The normalized spacial score (nSPS) is 14.9. The minimum absolute atomic E-state index is 0.0148. The molecule has 108 valence electrons. The Labute approximate surface area is 112 Å². The van der Waals surface area contributed by atoms with E-state index in [9.17, 15) is 4.79 Å². The number of amides is 1. The van der Waals surface area contributed by atoms with Crippen LogP contribution >= 0.6 is 0 Å². The first-order chi connectivity index (χ1) is 8.38. The highest BCUT2D eigenvalue weighted by atomic mass is 16.2. The molecule has 4 heteroatoms. The van der Waals surface area contributed by atoms with Crippen LogP contribution in [-0.2, 0) is 4.79 Å². The van der Waals surface area contributed by atoms with Gasteiger partial charge in [-0.2, -0.15) is 0 Å². The van der Waals surface area contributed by atoms with Crippen molar-refractivity contribution in [3.05, 3.63) is 0 Å². The van der Waals surface area contributed by atoms with Gasteiger partial charge < -0.3 is 16.0 Å². The van der Waals surface area contributed by atoms with E-state index >= 15 is 0 Å². The molecule has 4 nitrogen and oxygen atoms in total. The summed E-state index contributed by atoms with van der Waals surface area (Å²) in [7, 11) is 4.10. The minimum Gasteiger partial charge on any atom is -0.353 e. The van der Waals surface area contributed by atoms with Gasteiger partial charge in [-0.05, 0) is 32.9 Å². The summed E-state index contributed by atoms with van der Waals surface area (Å²) in [6.07, 6.45) is 3.95. The molecule has 18 heavy (non-hydrogen) atoms. The first kappa shape index (κ1) is 17.4. The first-order valence-corrected chi connectivity index (χ1v) is 7.08. The SMILES string of the molecule is CCCCC(N)C(=O)NCC(CC(C)C)N(C)C. The minimum atomic E-state index is -0.355. The number of nitrogens with zero attached hydrogens (tertiary/aromatic N) is 1. The second kappa shape index (κ2) is 9.34. The van der Waals surface area contributed by atoms with Crippen LogP contribution < -0.4 is 11.1 Å². The average molecular weight is 257 g/mol. The van der Waals surface area contributed by atoms with E-state index in [2.05, 4.69) is 45.1 Å². The Balaban J connectivity index is 4.06. The molecule has 0 saturated carbocycles. The standard InChI is InChI=1S/C14H31N3O/c1-6-7-8-13(15)14(18)16-10-12(17(4)5)9-11(2)3/h11-13H,6-10,15H2,1-5H3,(H,16,18). The van der Waals surface area contributed by atoms with E-state index in [-0.39, 0.29) is 11.9 Å². The Morgan fingerprint density at radius 2 is 1.94 bits per heavy atom. The van der Waals surface area contributed by atoms with Crippen molar-refractivity contribution in [3.8, 4) is 0 Å². The van der Waals surface area contributed by atoms with Gasteiger partial charge in [-0.3, -0.25) is 4.79 Å². The van der Waals surface area contributed by atoms with Crippen LogP contribution in [0.2, 0.25) is 0 Å². The quantitative estimate of drug-likeness (QED) is 0.659. The molecule has 3 N–H and O–H groups in total. The Hall–Kier alpha value is -0.610. The van der Waals surface area contributed by atoms with Gasteiger partial charge in [0.15, 0.2) is 0 Å². The van der Waals surface area contributed by atoms with E-state index in [4.69, 9.17) is 5.73 Å². The summed E-state index contributed by atoms with van der Waals surface area (Å²) in [5.74, 6) is 0.613. The number of hydrogen-bond acceptors (Lipinski definition) is 3. The van der Waals surface area contributed by atoms with Crippen LogP contribution in [0.15, 0.2) is 0 Å². The van der Waals surface area contributed by atoms with Gasteiger partial charge in [-0.25, -0.2) is 0 Å². The van der Waals surface area contributed by atoms with Crippen LogP contribution in [0.5, 0.6) is 0 Å². The number of rotatable bonds is 9. The predicted molar refractivity (Wildman–Crippen MR) is 77.4 cm³/mol. The molecule has 0 heterocycles. The van der Waals surface area contributed by atoms with Gasteiger partial charge in [0, 0.05) is 12.6 Å². The van der Waals surface area contributed by atoms with Gasteiger partial charge >= 0.3 is 0 Å². The van der Waals surface area contributed by atoms with Crippen molar-refractivity contribution in [1.29, 1.82) is 0 Å². The zero-order chi connectivity index (χ0) is 14.1. The first-order valence-electron chi connectivity index (χ1n) is 7.08. The van der Waals surface area contributed by atoms with Crippen LogP contribution in [0.1, 0.15) is 46.5 Å². The lowest BCUT2D eigenvalue weighted by Crippen LogP contribution is -2.46. The molecule has 0 aliphatic heterocycles. The second-order valence-corrected chi connectivity index (χ2v) is 5.74. The number of nitrogens with two attached hydrogens (primary N) is 1. The Morgan fingerprint density at radius 3 is 2.39 bits per heavy atom. The molecule has 0 aromatic rings. The summed E-state index contributed by atoms with van der Waals surface area (Å²) in [5, 5.41) is 2.97. The third kappa shape index (κ3) is 7.67. The molecule has 0 bridgehead atoms. The van der Waals surface area contributed by atoms with E-state index in [1.54, 1.807) is 0 Å². The van der Waals surface area contributed by atoms with Crippen molar-refractivity contribution in [2.75, 3.05) is 20.6 Å². The maximum absolute atomic E-state index is 11.8. The molecule has 2 atom stereocenters. The van der Waals surface area contributed by atoms with E-state index in [0.717, 1.165) is 25.7 Å². The van der Waals surface area contributed by atoms with Crippen molar-refractivity contribution in [3.63, 3.8) is 0 Å². The molecule has 0 radical (unpaired) electrons. The summed E-state index contributed by atoms with van der Waals surface area (Å²) < 4.78 is 0. The average Bonchev–Trinajstić information content (AvgIpc) is 2.30. The molecule has 0 fully saturated rings. The van der Waals surface area contributed by atoms with Crippen LogP contribution in [0.25, 0.3) is 0 Å². The fourth-order valence-electron chi connectivity index (χ4n) is 1.93. The molecular formula is C14H31N3O. The van der Waals surface area contributed by atoms with Crippen molar-refractivity contribution in [2.24, 2.45) is 11.7 Å². The molecular weight excluding hydrogens is 226 g/mol. The summed E-state index contributed by atoms with van der Waals surface area (Å²) in [6.45, 7) is 7.19. The number of unbranched alkanes of at least 4 members (excludes halogenated alkanes) is 1. The Morgan fingerprint density at radius 1 is 1.33 bits per heavy atom. The van der Waals surface area contributed by atoms with Gasteiger partial charge in [-0.1, -0.05) is 33.6 Å². The van der Waals surface area contributed by atoms with Crippen molar-refractivity contribution in [2.45, 2.75) is 58.5 Å². The van der Waals surface area contributed by atoms with Crippen LogP contribution in [0.4, 0.5) is 0 Å². The summed E-state index contributed by atoms with van der Waals surface area (Å²) in [5.41, 5.74) is 5.84. The molecule has 0 aromatic heterocycles. The molecule has 0 aromatic carbocycles. The zero-order valence-electron chi connectivity index (χ0n) is 12.7. The summed E-state index contributed by atoms with van der Waals surface area (Å²) in [4.78, 5) is 14.0. The fourth-order valence-corrected chi connectivity index (χ4v) is 1.93. The van der Waals surface area contributed by atoms with Crippen molar-refractivity contribution >= 4 is 5.91 Å². The van der Waals surface area contributed by atoms with Gasteiger partial charge in [-0.15, -0.1) is 0 Å². The van der Waals surface area contributed by atoms with Gasteiger partial charge in [0.25, 0.3) is 0 Å². The highest BCUT2D eigenvalue weighted by Gasteiger charge is 2.17. The summed E-state index contributed by atoms with van der Waals surface area (Å²) >= 11 is 0. The molecule has 2 unspecified atom stereocenters. The maximum atomic E-state index is 11.8. The lowest BCUT2D eigenvalue weighted by atomic mass is 10.0. The Bertz CT molecular complexity index is 229. The van der Waals surface area contributed by atoms with Crippen LogP contribution in [0, 0.1) is 5.92 Å². The van der Waals surface area contributed by atoms with E-state index < -0.39 is 0 Å². The number of nitrogens with one attached hydrogen (secondary N) is 1.